The van der Waals surface area contributed by atoms with E-state index in [2.05, 4.69) is 139 Å². The third kappa shape index (κ3) is 13.5. The van der Waals surface area contributed by atoms with E-state index >= 15 is 0 Å². The van der Waals surface area contributed by atoms with Gasteiger partial charge in [0, 0.05) is 39.0 Å². The van der Waals surface area contributed by atoms with Crippen LogP contribution < -0.4 is 0 Å². The molecular formula is C54H76S5Si2. The largest absolute Gasteiger partial charge is 0.133 e. The zero-order chi connectivity index (χ0) is 44.2. The van der Waals surface area contributed by atoms with Gasteiger partial charge in [0.25, 0.3) is 0 Å². The Morgan fingerprint density at radius 2 is 0.590 bits per heavy atom. The Balaban J connectivity index is 1.66. The summed E-state index contributed by atoms with van der Waals surface area (Å²) in [6.45, 7) is 28.3. The molecule has 0 aliphatic carbocycles. The van der Waals surface area contributed by atoms with Crippen LogP contribution in [-0.2, 0) is 38.5 Å². The van der Waals surface area contributed by atoms with E-state index in [4.69, 9.17) is 0 Å². The van der Waals surface area contributed by atoms with Crippen molar-refractivity contribution >= 4 is 72.8 Å². The van der Waals surface area contributed by atoms with Gasteiger partial charge >= 0.3 is 0 Å². The second-order valence-electron chi connectivity index (χ2n) is 19.1. The van der Waals surface area contributed by atoms with Gasteiger partial charge in [-0.3, -0.25) is 0 Å². The summed E-state index contributed by atoms with van der Waals surface area (Å²) in [5.41, 5.74) is 17.1. The molecule has 0 saturated heterocycles. The van der Waals surface area contributed by atoms with Crippen molar-refractivity contribution in [2.75, 3.05) is 0 Å². The lowest BCUT2D eigenvalue weighted by atomic mass is 9.97. The molecule has 330 valence electrons. The van der Waals surface area contributed by atoms with Crippen LogP contribution >= 0.6 is 56.7 Å². The fourth-order valence-electron chi connectivity index (χ4n) is 7.86. The fourth-order valence-corrected chi connectivity index (χ4v) is 15.5. The molecule has 5 aromatic heterocycles. The van der Waals surface area contributed by atoms with Gasteiger partial charge in [-0.15, -0.1) is 67.8 Å². The van der Waals surface area contributed by atoms with E-state index in [0.29, 0.717) is 0 Å². The van der Waals surface area contributed by atoms with E-state index in [9.17, 15) is 0 Å². The molecule has 0 aliphatic heterocycles. The Bertz CT molecular complexity index is 2120. The summed E-state index contributed by atoms with van der Waals surface area (Å²) in [5, 5.41) is 0. The van der Waals surface area contributed by atoms with Gasteiger partial charge in [-0.2, -0.15) is 0 Å². The van der Waals surface area contributed by atoms with Crippen molar-refractivity contribution in [2.24, 2.45) is 0 Å². The highest BCUT2D eigenvalue weighted by Crippen LogP contribution is 2.51. The lowest BCUT2D eigenvalue weighted by Crippen LogP contribution is -2.16. The molecule has 0 nitrogen and oxygen atoms in total. The molecule has 61 heavy (non-hydrogen) atoms. The van der Waals surface area contributed by atoms with Gasteiger partial charge in [-0.25, -0.2) is 0 Å². The van der Waals surface area contributed by atoms with E-state index in [-0.39, 0.29) is 0 Å². The Morgan fingerprint density at radius 1 is 0.344 bits per heavy atom. The van der Waals surface area contributed by atoms with E-state index in [0.717, 1.165) is 38.5 Å². The van der Waals surface area contributed by atoms with Crippen LogP contribution in [0.15, 0.2) is 24.3 Å². The van der Waals surface area contributed by atoms with Crippen LogP contribution in [0.3, 0.4) is 0 Å². The first-order valence-corrected chi connectivity index (χ1v) is 35.1. The summed E-state index contributed by atoms with van der Waals surface area (Å²) in [5.74, 6) is 7.55. The van der Waals surface area contributed by atoms with E-state index in [1.165, 1.54) is 126 Å². The van der Waals surface area contributed by atoms with Gasteiger partial charge in [-0.1, -0.05) is 131 Å². The Hall–Kier alpha value is -1.95. The molecule has 5 rings (SSSR count). The number of hydrogen-bond donors (Lipinski definition) is 0. The molecule has 0 N–H and O–H groups in total. The second-order valence-corrected chi connectivity index (χ2v) is 33.8. The first-order valence-electron chi connectivity index (χ1n) is 24.0. The van der Waals surface area contributed by atoms with Crippen molar-refractivity contribution in [1.29, 1.82) is 0 Å². The monoisotopic (exact) mass is 940 g/mol. The minimum absolute atomic E-state index is 1.15. The molecule has 5 aromatic rings. The van der Waals surface area contributed by atoms with Gasteiger partial charge < -0.3 is 0 Å². The normalized spacial score (nSPS) is 11.9. The summed E-state index contributed by atoms with van der Waals surface area (Å²) < 4.78 is 0. The minimum Gasteiger partial charge on any atom is -0.133 e. The van der Waals surface area contributed by atoms with Gasteiger partial charge in [-0.05, 0) is 135 Å². The third-order valence-corrected chi connectivity index (χ3v) is 19.5. The van der Waals surface area contributed by atoms with Crippen LogP contribution in [0, 0.1) is 22.9 Å². The third-order valence-electron chi connectivity index (χ3n) is 11.2. The predicted molar refractivity (Wildman–Crippen MR) is 290 cm³/mol. The van der Waals surface area contributed by atoms with Gasteiger partial charge in [0.1, 0.15) is 16.1 Å². The fraction of sp³-hybridized carbons (Fsp3) is 0.556. The molecule has 0 saturated carbocycles. The van der Waals surface area contributed by atoms with Crippen LogP contribution in [0.25, 0.3) is 39.0 Å². The second kappa shape index (κ2) is 23.8. The van der Waals surface area contributed by atoms with E-state index < -0.39 is 16.1 Å². The Morgan fingerprint density at radius 3 is 0.852 bits per heavy atom. The van der Waals surface area contributed by atoms with Crippen molar-refractivity contribution in [3.05, 3.63) is 67.4 Å². The smallest absolute Gasteiger partial charge is 0.129 e. The summed E-state index contributed by atoms with van der Waals surface area (Å²) in [6, 6.07) is 9.88. The molecular weight excluding hydrogens is 865 g/mol. The van der Waals surface area contributed by atoms with Gasteiger partial charge in [0.2, 0.25) is 0 Å². The van der Waals surface area contributed by atoms with E-state index in [1.54, 1.807) is 33.4 Å². The molecule has 0 aliphatic rings. The zero-order valence-corrected chi connectivity index (χ0v) is 46.2. The number of hydrogen-bond acceptors (Lipinski definition) is 5. The molecule has 0 aromatic carbocycles. The average molecular weight is 942 g/mol. The molecule has 0 bridgehead atoms. The Kier molecular flexibility index (Phi) is 19.6. The molecule has 0 atom stereocenters. The average Bonchev–Trinajstić information content (AvgIpc) is 4.06. The SMILES string of the molecule is CCCCc1c(C#C[Si](C)(C)C)sc(-c2ccc(-c3sc(-c4ccc(-c5sc(C#C[Si](C)(C)C)c(CCCC)c5CCCC)s4)c(CCCC)c3CCCC)s2)c1CCCC. The quantitative estimate of drug-likeness (QED) is 0.0479. The summed E-state index contributed by atoms with van der Waals surface area (Å²) >= 11 is 10.2. The summed E-state index contributed by atoms with van der Waals surface area (Å²) in [7, 11) is -3.00. The van der Waals surface area contributed by atoms with Crippen LogP contribution in [0.4, 0.5) is 0 Å². The topological polar surface area (TPSA) is 0 Å². The predicted octanol–water partition coefficient (Wildman–Crippen LogP) is 19.2. The maximum atomic E-state index is 3.77. The highest BCUT2D eigenvalue weighted by atomic mass is 32.1. The number of rotatable bonds is 22. The summed E-state index contributed by atoms with van der Waals surface area (Å²) in [4.78, 5) is 14.6. The zero-order valence-electron chi connectivity index (χ0n) is 40.1. The molecule has 5 heterocycles. The number of unbranched alkanes of at least 4 members (excludes halogenated alkanes) is 6. The maximum absolute atomic E-state index is 3.77. The Labute approximate surface area is 395 Å². The lowest BCUT2D eigenvalue weighted by molar-refractivity contribution is 0.762. The van der Waals surface area contributed by atoms with Crippen LogP contribution in [-0.4, -0.2) is 16.1 Å². The maximum Gasteiger partial charge on any atom is 0.129 e. The lowest BCUT2D eigenvalue weighted by Gasteiger charge is -2.08. The van der Waals surface area contributed by atoms with Gasteiger partial charge in [0.05, 0.1) is 9.75 Å². The molecule has 0 spiro atoms. The highest BCUT2D eigenvalue weighted by molar-refractivity contribution is 7.30. The minimum atomic E-state index is -1.50. The van der Waals surface area contributed by atoms with Gasteiger partial charge in [0.15, 0.2) is 0 Å². The van der Waals surface area contributed by atoms with Crippen molar-refractivity contribution in [2.45, 2.75) is 196 Å². The molecule has 0 amide bonds. The molecule has 7 heteroatoms. The first-order chi connectivity index (χ1) is 29.3. The standard InChI is InChI=1S/C54H76S5Si2/c1-13-19-25-39-41(27-21-15-3)51(57-45(39)35-37-60(7,8)9)47-31-33-49(55-47)53-43(29-23-17-5)44(30-24-18-6)54(59-53)50-34-32-48(56-50)52-42(28-22-16-4)40(26-20-14-2)46(58-52)36-38-61(10,11)12/h31-34H,13-30H2,1-12H3. The van der Waals surface area contributed by atoms with Crippen LogP contribution in [0.1, 0.15) is 162 Å². The molecule has 0 fully saturated rings. The van der Waals surface area contributed by atoms with Crippen LogP contribution in [0.5, 0.6) is 0 Å². The van der Waals surface area contributed by atoms with Crippen molar-refractivity contribution in [1.82, 2.24) is 0 Å². The van der Waals surface area contributed by atoms with Crippen molar-refractivity contribution < 1.29 is 0 Å². The molecule has 0 radical (unpaired) electrons. The van der Waals surface area contributed by atoms with E-state index in [1.807, 2.05) is 45.3 Å². The van der Waals surface area contributed by atoms with Crippen molar-refractivity contribution in [3.63, 3.8) is 0 Å². The summed E-state index contributed by atoms with van der Waals surface area (Å²) in [6.07, 6.45) is 21.7. The number of thiophene rings is 5. The van der Waals surface area contributed by atoms with Crippen molar-refractivity contribution in [3.8, 4) is 61.9 Å². The molecule has 0 unspecified atom stereocenters. The van der Waals surface area contributed by atoms with Crippen LogP contribution in [0.2, 0.25) is 39.3 Å². The first kappa shape index (κ1) is 50.1. The highest BCUT2D eigenvalue weighted by Gasteiger charge is 2.26.